The summed E-state index contributed by atoms with van der Waals surface area (Å²) in [5.41, 5.74) is 1.17. The lowest BCUT2D eigenvalue weighted by molar-refractivity contribution is 0.115. The van der Waals surface area contributed by atoms with Crippen molar-refractivity contribution in [1.82, 2.24) is 10.2 Å². The maximum Gasteiger partial charge on any atom is 0.194 e. The zero-order valence-electron chi connectivity index (χ0n) is 15.0. The lowest BCUT2D eigenvalue weighted by Gasteiger charge is -2.22. The molecule has 25 heavy (non-hydrogen) atoms. The number of nitrogens with zero attached hydrogens (tertiary/aromatic N) is 2. The van der Waals surface area contributed by atoms with E-state index in [4.69, 9.17) is 9.84 Å². The van der Waals surface area contributed by atoms with Gasteiger partial charge in [0.15, 0.2) is 5.96 Å². The first-order chi connectivity index (χ1) is 11.6. The highest BCUT2D eigenvalue weighted by atomic mass is 127. The SMILES string of the molecule is CCNC(=NCc1ccc(F)c(CO)c1)N(C)CCOCC1CC1.I. The summed E-state index contributed by atoms with van der Waals surface area (Å²) in [5, 5.41) is 12.4. The van der Waals surface area contributed by atoms with Crippen molar-refractivity contribution >= 4 is 29.9 Å². The maximum absolute atomic E-state index is 13.4. The van der Waals surface area contributed by atoms with E-state index in [0.29, 0.717) is 18.7 Å². The number of ether oxygens (including phenoxy) is 1. The minimum Gasteiger partial charge on any atom is -0.392 e. The Hall–Kier alpha value is -0.930. The average molecular weight is 465 g/mol. The molecule has 0 radical (unpaired) electrons. The molecular weight excluding hydrogens is 436 g/mol. The molecule has 1 saturated carbocycles. The van der Waals surface area contributed by atoms with Crippen LogP contribution >= 0.6 is 24.0 Å². The minimum absolute atomic E-state index is 0. The van der Waals surface area contributed by atoms with Gasteiger partial charge in [-0.2, -0.15) is 0 Å². The third kappa shape index (κ3) is 7.87. The molecule has 142 valence electrons. The zero-order chi connectivity index (χ0) is 17.4. The normalized spacial score (nSPS) is 14.2. The molecule has 7 heteroatoms. The predicted octanol–water partition coefficient (Wildman–Crippen LogP) is 2.76. The van der Waals surface area contributed by atoms with Gasteiger partial charge in [0.1, 0.15) is 5.82 Å². The molecule has 0 unspecified atom stereocenters. The number of hydrogen-bond donors (Lipinski definition) is 2. The van der Waals surface area contributed by atoms with Crippen molar-refractivity contribution in [3.05, 3.63) is 35.1 Å². The minimum atomic E-state index is -0.387. The van der Waals surface area contributed by atoms with Gasteiger partial charge in [-0.25, -0.2) is 9.38 Å². The van der Waals surface area contributed by atoms with Crippen LogP contribution in [0.4, 0.5) is 4.39 Å². The van der Waals surface area contributed by atoms with Gasteiger partial charge in [-0.15, -0.1) is 24.0 Å². The van der Waals surface area contributed by atoms with Crippen LogP contribution in [0.1, 0.15) is 30.9 Å². The van der Waals surface area contributed by atoms with Crippen LogP contribution in [0.3, 0.4) is 0 Å². The number of benzene rings is 1. The molecule has 1 aromatic rings. The smallest absolute Gasteiger partial charge is 0.194 e. The Bertz CT molecular complexity index is 553. The first kappa shape index (κ1) is 22.1. The molecule has 5 nitrogen and oxygen atoms in total. The highest BCUT2D eigenvalue weighted by molar-refractivity contribution is 14.0. The summed E-state index contributed by atoms with van der Waals surface area (Å²) in [6.45, 7) is 5.24. The monoisotopic (exact) mass is 465 g/mol. The lowest BCUT2D eigenvalue weighted by Crippen LogP contribution is -2.40. The molecule has 0 bridgehead atoms. The van der Waals surface area contributed by atoms with Crippen LogP contribution in [0.5, 0.6) is 0 Å². The second-order valence-electron chi connectivity index (χ2n) is 6.19. The average Bonchev–Trinajstić information content (AvgIpc) is 3.40. The topological polar surface area (TPSA) is 57.1 Å². The van der Waals surface area contributed by atoms with E-state index in [1.54, 1.807) is 12.1 Å². The summed E-state index contributed by atoms with van der Waals surface area (Å²) in [7, 11) is 1.98. The van der Waals surface area contributed by atoms with Crippen molar-refractivity contribution < 1.29 is 14.2 Å². The van der Waals surface area contributed by atoms with Crippen LogP contribution in [0.2, 0.25) is 0 Å². The Morgan fingerprint density at radius 1 is 1.44 bits per heavy atom. The molecule has 0 spiro atoms. The van der Waals surface area contributed by atoms with Crippen molar-refractivity contribution in [3.63, 3.8) is 0 Å². The number of rotatable bonds is 9. The largest absolute Gasteiger partial charge is 0.392 e. The van der Waals surface area contributed by atoms with Crippen LogP contribution in [0, 0.1) is 11.7 Å². The van der Waals surface area contributed by atoms with Gasteiger partial charge in [-0.05, 0) is 43.4 Å². The van der Waals surface area contributed by atoms with Crippen LogP contribution < -0.4 is 5.32 Å². The molecule has 0 aliphatic heterocycles. The first-order valence-corrected chi connectivity index (χ1v) is 8.59. The van der Waals surface area contributed by atoms with Gasteiger partial charge in [0.05, 0.1) is 19.8 Å². The Kier molecular flexibility index (Phi) is 10.3. The van der Waals surface area contributed by atoms with Crippen molar-refractivity contribution in [2.75, 3.05) is 33.4 Å². The van der Waals surface area contributed by atoms with E-state index < -0.39 is 0 Å². The van der Waals surface area contributed by atoms with Gasteiger partial charge in [0.2, 0.25) is 0 Å². The first-order valence-electron chi connectivity index (χ1n) is 8.59. The van der Waals surface area contributed by atoms with E-state index >= 15 is 0 Å². The maximum atomic E-state index is 13.4. The Balaban J connectivity index is 0.00000312. The lowest BCUT2D eigenvalue weighted by atomic mass is 10.1. The van der Waals surface area contributed by atoms with Gasteiger partial charge in [0.25, 0.3) is 0 Å². The molecule has 0 saturated heterocycles. The summed E-state index contributed by atoms with van der Waals surface area (Å²) in [5.74, 6) is 1.18. The van der Waals surface area contributed by atoms with Gasteiger partial charge in [0, 0.05) is 32.3 Å². The number of aliphatic imine (C=N–C) groups is 1. The van der Waals surface area contributed by atoms with E-state index in [1.165, 1.54) is 18.9 Å². The third-order valence-electron chi connectivity index (χ3n) is 4.01. The Morgan fingerprint density at radius 2 is 2.20 bits per heavy atom. The summed E-state index contributed by atoms with van der Waals surface area (Å²) < 4.78 is 19.1. The number of likely N-dealkylation sites (N-methyl/N-ethyl adjacent to an activating group) is 1. The highest BCUT2D eigenvalue weighted by Gasteiger charge is 2.21. The molecule has 1 aliphatic rings. The van der Waals surface area contributed by atoms with Gasteiger partial charge in [-0.1, -0.05) is 6.07 Å². The fourth-order valence-corrected chi connectivity index (χ4v) is 2.33. The number of nitrogens with one attached hydrogen (secondary N) is 1. The highest BCUT2D eigenvalue weighted by Crippen LogP contribution is 2.28. The second-order valence-corrected chi connectivity index (χ2v) is 6.19. The van der Waals surface area contributed by atoms with Crippen molar-refractivity contribution in [2.45, 2.75) is 32.9 Å². The van der Waals surface area contributed by atoms with Crippen molar-refractivity contribution in [2.24, 2.45) is 10.9 Å². The number of hydrogen-bond acceptors (Lipinski definition) is 3. The Morgan fingerprint density at radius 3 is 2.84 bits per heavy atom. The number of guanidine groups is 1. The molecule has 2 rings (SSSR count). The number of aliphatic hydroxyl groups is 1. The van der Waals surface area contributed by atoms with Crippen LogP contribution in [0.25, 0.3) is 0 Å². The summed E-state index contributed by atoms with van der Waals surface area (Å²) >= 11 is 0. The molecule has 1 aromatic carbocycles. The van der Waals surface area contributed by atoms with E-state index in [0.717, 1.165) is 37.1 Å². The van der Waals surface area contributed by atoms with Crippen LogP contribution in [0.15, 0.2) is 23.2 Å². The number of aliphatic hydroxyl groups excluding tert-OH is 1. The van der Waals surface area contributed by atoms with E-state index in [1.807, 2.05) is 18.9 Å². The van der Waals surface area contributed by atoms with E-state index in [2.05, 4.69) is 10.3 Å². The standard InChI is InChI=1S/C18H28FN3O2.HI/c1-3-20-18(22(2)8-9-24-13-14-4-5-14)21-11-15-6-7-17(19)16(10-15)12-23;/h6-7,10,14,23H,3-5,8-9,11-13H2,1-2H3,(H,20,21);1H. The van der Waals surface area contributed by atoms with Crippen LogP contribution in [-0.4, -0.2) is 49.3 Å². The molecule has 1 aliphatic carbocycles. The Labute approximate surface area is 166 Å². The van der Waals surface area contributed by atoms with Crippen molar-refractivity contribution in [3.8, 4) is 0 Å². The van der Waals surface area contributed by atoms with E-state index in [9.17, 15) is 4.39 Å². The third-order valence-corrected chi connectivity index (χ3v) is 4.01. The molecule has 0 aromatic heterocycles. The fourth-order valence-electron chi connectivity index (χ4n) is 2.33. The fraction of sp³-hybridized carbons (Fsp3) is 0.611. The molecule has 1 fully saturated rings. The summed E-state index contributed by atoms with van der Waals surface area (Å²) in [6.07, 6.45) is 2.60. The molecule has 0 atom stereocenters. The second kappa shape index (κ2) is 11.6. The van der Waals surface area contributed by atoms with Crippen LogP contribution in [-0.2, 0) is 17.9 Å². The van der Waals surface area contributed by atoms with Gasteiger partial charge >= 0.3 is 0 Å². The summed E-state index contributed by atoms with van der Waals surface area (Å²) in [4.78, 5) is 6.62. The number of halogens is 2. The van der Waals surface area contributed by atoms with Crippen molar-refractivity contribution in [1.29, 1.82) is 0 Å². The summed E-state index contributed by atoms with van der Waals surface area (Å²) in [6, 6.07) is 4.72. The molecule has 0 heterocycles. The molecular formula is C18H29FIN3O2. The van der Waals surface area contributed by atoms with Gasteiger partial charge in [-0.3, -0.25) is 0 Å². The quantitative estimate of drug-likeness (QED) is 0.255. The zero-order valence-corrected chi connectivity index (χ0v) is 17.3. The van der Waals surface area contributed by atoms with E-state index in [-0.39, 0.29) is 36.4 Å². The molecule has 2 N–H and O–H groups in total. The predicted molar refractivity (Wildman–Crippen MR) is 109 cm³/mol. The van der Waals surface area contributed by atoms with Gasteiger partial charge < -0.3 is 20.1 Å². The molecule has 0 amide bonds.